The minimum Gasteiger partial charge on any atom is -0.480 e. The van der Waals surface area contributed by atoms with Crippen LogP contribution in [-0.4, -0.2) is 20.9 Å². The summed E-state index contributed by atoms with van der Waals surface area (Å²) in [4.78, 5) is 10.7. The van der Waals surface area contributed by atoms with Gasteiger partial charge in [-0.15, -0.1) is 0 Å². The van der Waals surface area contributed by atoms with Crippen LogP contribution in [0.5, 0.6) is 0 Å². The molecule has 4 nitrogen and oxygen atoms in total. The van der Waals surface area contributed by atoms with Crippen molar-refractivity contribution in [3.05, 3.63) is 40.5 Å². The van der Waals surface area contributed by atoms with Crippen LogP contribution in [-0.2, 0) is 11.3 Å². The first-order valence-corrected chi connectivity index (χ1v) is 5.89. The number of carboxylic acids is 1. The third kappa shape index (κ3) is 2.39. The van der Waals surface area contributed by atoms with Gasteiger partial charge in [-0.1, -0.05) is 30.3 Å². The smallest absolute Gasteiger partial charge is 0.325 e. The van der Waals surface area contributed by atoms with Crippen LogP contribution in [0.25, 0.3) is 11.3 Å². The maximum absolute atomic E-state index is 10.7. The Labute approximate surface area is 107 Å². The number of carboxylic acid groups (broad SMARTS) is 1. The number of aliphatic carboxylic acids is 1. The first-order chi connectivity index (χ1) is 8.09. The van der Waals surface area contributed by atoms with Gasteiger partial charge in [0, 0.05) is 5.56 Å². The number of hydrogen-bond acceptors (Lipinski definition) is 2. The highest BCUT2D eigenvalue weighted by Crippen LogP contribution is 2.29. The van der Waals surface area contributed by atoms with Gasteiger partial charge in [0.2, 0.25) is 0 Å². The summed E-state index contributed by atoms with van der Waals surface area (Å²) in [5, 5.41) is 13.1. The third-order valence-electron chi connectivity index (χ3n) is 2.47. The van der Waals surface area contributed by atoms with Gasteiger partial charge in [0.25, 0.3) is 0 Å². The van der Waals surface area contributed by atoms with Crippen LogP contribution in [0.2, 0.25) is 0 Å². The van der Waals surface area contributed by atoms with E-state index >= 15 is 0 Å². The van der Waals surface area contributed by atoms with Crippen LogP contribution < -0.4 is 0 Å². The van der Waals surface area contributed by atoms with E-state index in [9.17, 15) is 4.79 Å². The van der Waals surface area contributed by atoms with E-state index in [2.05, 4.69) is 21.0 Å². The van der Waals surface area contributed by atoms with E-state index in [0.29, 0.717) is 0 Å². The molecule has 0 fully saturated rings. The maximum Gasteiger partial charge on any atom is 0.325 e. The normalized spacial score (nSPS) is 10.5. The number of halogens is 1. The average Bonchev–Trinajstić information content (AvgIpc) is 2.58. The van der Waals surface area contributed by atoms with Crippen LogP contribution in [0.4, 0.5) is 0 Å². The summed E-state index contributed by atoms with van der Waals surface area (Å²) in [5.74, 6) is -0.900. The van der Waals surface area contributed by atoms with Crippen LogP contribution in [0.15, 0.2) is 34.8 Å². The number of hydrogen-bond donors (Lipinski definition) is 1. The molecular formula is C12H11BrN2O2. The fourth-order valence-corrected chi connectivity index (χ4v) is 2.10. The summed E-state index contributed by atoms with van der Waals surface area (Å²) < 4.78 is 2.32. The van der Waals surface area contributed by atoms with Crippen LogP contribution in [0.3, 0.4) is 0 Å². The summed E-state index contributed by atoms with van der Waals surface area (Å²) in [6.45, 7) is 1.71. The molecule has 0 saturated heterocycles. The van der Waals surface area contributed by atoms with Crippen molar-refractivity contribution in [3.8, 4) is 11.3 Å². The first kappa shape index (κ1) is 11.9. The molecule has 1 heterocycles. The van der Waals surface area contributed by atoms with E-state index in [4.69, 9.17) is 5.11 Å². The number of aromatic nitrogens is 2. The summed E-state index contributed by atoms with van der Waals surface area (Å²) in [6.07, 6.45) is 0. The second-order valence-corrected chi connectivity index (χ2v) is 4.46. The highest BCUT2D eigenvalue weighted by molar-refractivity contribution is 9.10. The molecule has 17 heavy (non-hydrogen) atoms. The SMILES string of the molecule is Cc1c(Br)c(-c2ccccc2)nn1CC(=O)O. The Kier molecular flexibility index (Phi) is 3.28. The fraction of sp³-hybridized carbons (Fsp3) is 0.167. The predicted octanol–water partition coefficient (Wildman–Crippen LogP) is 2.71. The molecule has 0 saturated carbocycles. The Morgan fingerprint density at radius 3 is 2.65 bits per heavy atom. The number of carbonyl (C=O) groups is 1. The third-order valence-corrected chi connectivity index (χ3v) is 3.42. The van der Waals surface area contributed by atoms with Crippen molar-refractivity contribution < 1.29 is 9.90 Å². The second-order valence-electron chi connectivity index (χ2n) is 3.67. The van der Waals surface area contributed by atoms with Crippen LogP contribution >= 0.6 is 15.9 Å². The number of rotatable bonds is 3. The summed E-state index contributed by atoms with van der Waals surface area (Å²) in [7, 11) is 0. The van der Waals surface area contributed by atoms with E-state index in [0.717, 1.165) is 21.4 Å². The van der Waals surface area contributed by atoms with Crippen molar-refractivity contribution in [3.63, 3.8) is 0 Å². The molecule has 88 valence electrons. The van der Waals surface area contributed by atoms with Gasteiger partial charge < -0.3 is 5.11 Å². The van der Waals surface area contributed by atoms with Gasteiger partial charge >= 0.3 is 5.97 Å². The standard InChI is InChI=1S/C12H11BrN2O2/c1-8-11(13)12(9-5-3-2-4-6-9)14-15(8)7-10(16)17/h2-6H,7H2,1H3,(H,16,17). The monoisotopic (exact) mass is 294 g/mol. The zero-order valence-electron chi connectivity index (χ0n) is 9.22. The molecule has 0 aliphatic carbocycles. The molecule has 1 aromatic carbocycles. The molecular weight excluding hydrogens is 284 g/mol. The minimum absolute atomic E-state index is 0.128. The fourth-order valence-electron chi connectivity index (χ4n) is 1.59. The second kappa shape index (κ2) is 4.71. The van der Waals surface area contributed by atoms with Crippen molar-refractivity contribution in [2.75, 3.05) is 0 Å². The molecule has 0 amide bonds. The van der Waals surface area contributed by atoms with Crippen molar-refractivity contribution in [2.24, 2.45) is 0 Å². The zero-order valence-corrected chi connectivity index (χ0v) is 10.8. The highest BCUT2D eigenvalue weighted by Gasteiger charge is 2.15. The topological polar surface area (TPSA) is 55.1 Å². The van der Waals surface area contributed by atoms with Crippen molar-refractivity contribution in [1.29, 1.82) is 0 Å². The number of nitrogens with zero attached hydrogens (tertiary/aromatic N) is 2. The molecule has 5 heteroatoms. The molecule has 0 radical (unpaired) electrons. The van der Waals surface area contributed by atoms with Gasteiger partial charge in [0.1, 0.15) is 12.2 Å². The van der Waals surface area contributed by atoms with E-state index in [1.807, 2.05) is 37.3 Å². The minimum atomic E-state index is -0.900. The van der Waals surface area contributed by atoms with Crippen LogP contribution in [0.1, 0.15) is 5.69 Å². The van der Waals surface area contributed by atoms with Gasteiger partial charge in [-0.2, -0.15) is 5.10 Å². The van der Waals surface area contributed by atoms with Gasteiger partial charge in [-0.05, 0) is 22.9 Å². The predicted molar refractivity (Wildman–Crippen MR) is 67.7 cm³/mol. The van der Waals surface area contributed by atoms with Crippen molar-refractivity contribution in [2.45, 2.75) is 13.5 Å². The molecule has 0 bridgehead atoms. The Morgan fingerprint density at radius 1 is 1.41 bits per heavy atom. The average molecular weight is 295 g/mol. The summed E-state index contributed by atoms with van der Waals surface area (Å²) >= 11 is 3.45. The van der Waals surface area contributed by atoms with E-state index in [-0.39, 0.29) is 6.54 Å². The van der Waals surface area contributed by atoms with E-state index in [1.54, 1.807) is 0 Å². The van der Waals surface area contributed by atoms with Gasteiger partial charge in [-0.3, -0.25) is 9.48 Å². The lowest BCUT2D eigenvalue weighted by molar-refractivity contribution is -0.137. The number of benzene rings is 1. The van der Waals surface area contributed by atoms with E-state index < -0.39 is 5.97 Å². The molecule has 0 spiro atoms. The lowest BCUT2D eigenvalue weighted by atomic mass is 10.1. The van der Waals surface area contributed by atoms with Gasteiger partial charge in [-0.25, -0.2) is 0 Å². The molecule has 2 rings (SSSR count). The van der Waals surface area contributed by atoms with Gasteiger partial charge in [0.15, 0.2) is 0 Å². The lowest BCUT2D eigenvalue weighted by Crippen LogP contribution is -2.11. The molecule has 0 aliphatic heterocycles. The lowest BCUT2D eigenvalue weighted by Gasteiger charge is -1.98. The Hall–Kier alpha value is -1.62. The van der Waals surface area contributed by atoms with E-state index in [1.165, 1.54) is 4.68 Å². The molecule has 0 aliphatic rings. The molecule has 0 unspecified atom stereocenters. The summed E-state index contributed by atoms with van der Waals surface area (Å²) in [6, 6.07) is 9.66. The van der Waals surface area contributed by atoms with Crippen molar-refractivity contribution in [1.82, 2.24) is 9.78 Å². The maximum atomic E-state index is 10.7. The summed E-state index contributed by atoms with van der Waals surface area (Å²) in [5.41, 5.74) is 2.54. The quantitative estimate of drug-likeness (QED) is 0.947. The zero-order chi connectivity index (χ0) is 12.4. The highest BCUT2D eigenvalue weighted by atomic mass is 79.9. The van der Waals surface area contributed by atoms with Crippen LogP contribution in [0, 0.1) is 6.92 Å². The molecule has 2 aromatic rings. The molecule has 1 N–H and O–H groups in total. The molecule has 0 atom stereocenters. The first-order valence-electron chi connectivity index (χ1n) is 5.09. The Morgan fingerprint density at radius 2 is 2.06 bits per heavy atom. The Balaban J connectivity index is 2.46. The molecule has 1 aromatic heterocycles. The largest absolute Gasteiger partial charge is 0.480 e. The Bertz CT molecular complexity index is 549. The van der Waals surface area contributed by atoms with Gasteiger partial charge in [0.05, 0.1) is 10.2 Å². The van der Waals surface area contributed by atoms with Crippen molar-refractivity contribution >= 4 is 21.9 Å².